The Balaban J connectivity index is 1.59. The largest absolute Gasteiger partial charge is 0.365 e. The molecule has 1 unspecified atom stereocenters. The fourth-order valence-electron chi connectivity index (χ4n) is 3.70. The van der Waals surface area contributed by atoms with Gasteiger partial charge in [0.05, 0.1) is 0 Å². The van der Waals surface area contributed by atoms with Crippen molar-refractivity contribution in [1.29, 1.82) is 0 Å². The molecule has 1 aliphatic carbocycles. The number of likely N-dealkylation sites (tertiary alicyclic amines) is 1. The number of aromatic nitrogens is 3. The summed E-state index contributed by atoms with van der Waals surface area (Å²) >= 11 is 0. The lowest BCUT2D eigenvalue weighted by molar-refractivity contribution is -0.129. The van der Waals surface area contributed by atoms with E-state index in [1.54, 1.807) is 12.4 Å². The van der Waals surface area contributed by atoms with Gasteiger partial charge in [-0.2, -0.15) is 0 Å². The molecule has 1 aliphatic heterocycles. The van der Waals surface area contributed by atoms with Gasteiger partial charge in [-0.3, -0.25) is 9.78 Å². The Morgan fingerprint density at radius 2 is 2.12 bits per heavy atom. The lowest BCUT2D eigenvalue weighted by Crippen LogP contribution is -2.31. The number of amides is 1. The number of fused-ring (bicyclic) bond motifs is 1. The molecule has 1 saturated heterocycles. The standard InChI is InChI=1S/C19H23N5O/c1-2-17(25)24-11-8-14(12-24)21-19-15-4-3-5-16(15)22-18(23-19)13-6-9-20-10-7-13/h6-7,9-10,14H,2-5,8,11-12H2,1H3,(H,21,22,23). The number of carbonyl (C=O) groups is 1. The first-order valence-electron chi connectivity index (χ1n) is 9.09. The molecule has 1 atom stereocenters. The zero-order valence-corrected chi connectivity index (χ0v) is 14.5. The third-order valence-corrected chi connectivity index (χ3v) is 5.06. The molecule has 0 radical (unpaired) electrons. The number of hydrogen-bond acceptors (Lipinski definition) is 5. The van der Waals surface area contributed by atoms with Crippen LogP contribution in [0.5, 0.6) is 0 Å². The van der Waals surface area contributed by atoms with Gasteiger partial charge in [-0.1, -0.05) is 6.92 Å². The minimum absolute atomic E-state index is 0.231. The molecule has 1 fully saturated rings. The van der Waals surface area contributed by atoms with Gasteiger partial charge < -0.3 is 10.2 Å². The first-order valence-corrected chi connectivity index (χ1v) is 9.09. The number of pyridine rings is 1. The summed E-state index contributed by atoms with van der Waals surface area (Å²) in [6.07, 6.45) is 8.24. The van der Waals surface area contributed by atoms with E-state index in [2.05, 4.69) is 10.3 Å². The zero-order valence-electron chi connectivity index (χ0n) is 14.5. The fourth-order valence-corrected chi connectivity index (χ4v) is 3.70. The van der Waals surface area contributed by atoms with Crippen LogP contribution in [0.15, 0.2) is 24.5 Å². The van der Waals surface area contributed by atoms with Crippen molar-refractivity contribution < 1.29 is 4.79 Å². The molecule has 3 heterocycles. The number of anilines is 1. The highest BCUT2D eigenvalue weighted by Crippen LogP contribution is 2.30. The summed E-state index contributed by atoms with van der Waals surface area (Å²) in [5, 5.41) is 3.60. The maximum atomic E-state index is 11.9. The van der Waals surface area contributed by atoms with Gasteiger partial charge >= 0.3 is 0 Å². The summed E-state index contributed by atoms with van der Waals surface area (Å²) in [7, 11) is 0. The zero-order chi connectivity index (χ0) is 17.2. The summed E-state index contributed by atoms with van der Waals surface area (Å²) in [5.74, 6) is 1.94. The number of rotatable bonds is 4. The van der Waals surface area contributed by atoms with Crippen molar-refractivity contribution in [3.63, 3.8) is 0 Å². The molecule has 2 aromatic heterocycles. The second kappa shape index (κ2) is 6.78. The topological polar surface area (TPSA) is 71.0 Å². The van der Waals surface area contributed by atoms with Crippen LogP contribution in [0.2, 0.25) is 0 Å². The molecule has 2 aliphatic rings. The average molecular weight is 337 g/mol. The molecule has 130 valence electrons. The van der Waals surface area contributed by atoms with E-state index in [-0.39, 0.29) is 11.9 Å². The van der Waals surface area contributed by atoms with Gasteiger partial charge in [-0.05, 0) is 37.8 Å². The maximum absolute atomic E-state index is 11.9. The van der Waals surface area contributed by atoms with E-state index in [1.807, 2.05) is 24.0 Å². The lowest BCUT2D eigenvalue weighted by atomic mass is 10.2. The van der Waals surface area contributed by atoms with Crippen molar-refractivity contribution in [2.75, 3.05) is 18.4 Å². The fraction of sp³-hybridized carbons (Fsp3) is 0.474. The molecule has 1 N–H and O–H groups in total. The van der Waals surface area contributed by atoms with Crippen LogP contribution in [0.25, 0.3) is 11.4 Å². The molecular formula is C19H23N5O. The van der Waals surface area contributed by atoms with Crippen molar-refractivity contribution in [2.45, 2.75) is 45.1 Å². The lowest BCUT2D eigenvalue weighted by Gasteiger charge is -2.18. The quantitative estimate of drug-likeness (QED) is 0.928. The van der Waals surface area contributed by atoms with Gasteiger partial charge in [-0.15, -0.1) is 0 Å². The number of aryl methyl sites for hydroxylation is 1. The third kappa shape index (κ3) is 3.21. The van der Waals surface area contributed by atoms with Crippen LogP contribution >= 0.6 is 0 Å². The van der Waals surface area contributed by atoms with Crippen LogP contribution in [0, 0.1) is 0 Å². The highest BCUT2D eigenvalue weighted by molar-refractivity contribution is 5.76. The second-order valence-electron chi connectivity index (χ2n) is 6.73. The van der Waals surface area contributed by atoms with Crippen LogP contribution in [-0.2, 0) is 17.6 Å². The maximum Gasteiger partial charge on any atom is 0.222 e. The van der Waals surface area contributed by atoms with Crippen LogP contribution in [-0.4, -0.2) is 44.9 Å². The number of hydrogen-bond donors (Lipinski definition) is 1. The summed E-state index contributed by atoms with van der Waals surface area (Å²) in [5.41, 5.74) is 3.39. The Morgan fingerprint density at radius 1 is 1.28 bits per heavy atom. The Bertz CT molecular complexity index is 777. The summed E-state index contributed by atoms with van der Waals surface area (Å²) in [4.78, 5) is 27.5. The highest BCUT2D eigenvalue weighted by atomic mass is 16.2. The molecule has 6 heteroatoms. The molecular weight excluding hydrogens is 314 g/mol. The molecule has 25 heavy (non-hydrogen) atoms. The molecule has 6 nitrogen and oxygen atoms in total. The Kier molecular flexibility index (Phi) is 4.34. The minimum atomic E-state index is 0.231. The van der Waals surface area contributed by atoms with E-state index in [9.17, 15) is 4.79 Å². The molecule has 0 spiro atoms. The Labute approximate surface area is 147 Å². The first kappa shape index (κ1) is 16.0. The second-order valence-corrected chi connectivity index (χ2v) is 6.73. The van der Waals surface area contributed by atoms with E-state index < -0.39 is 0 Å². The van der Waals surface area contributed by atoms with Crippen molar-refractivity contribution in [2.24, 2.45) is 0 Å². The van der Waals surface area contributed by atoms with Gasteiger partial charge in [0.15, 0.2) is 5.82 Å². The minimum Gasteiger partial charge on any atom is -0.365 e. The summed E-state index contributed by atoms with van der Waals surface area (Å²) < 4.78 is 0. The molecule has 0 aromatic carbocycles. The summed E-state index contributed by atoms with van der Waals surface area (Å²) in [6.45, 7) is 3.51. The van der Waals surface area contributed by atoms with Crippen LogP contribution in [0.4, 0.5) is 5.82 Å². The molecule has 1 amide bonds. The molecule has 4 rings (SSSR count). The van der Waals surface area contributed by atoms with Crippen LogP contribution in [0.3, 0.4) is 0 Å². The monoisotopic (exact) mass is 337 g/mol. The predicted octanol–water partition coefficient (Wildman–Crippen LogP) is 2.45. The third-order valence-electron chi connectivity index (χ3n) is 5.06. The normalized spacial score (nSPS) is 19.1. The van der Waals surface area contributed by atoms with Gasteiger partial charge in [0, 0.05) is 54.8 Å². The van der Waals surface area contributed by atoms with E-state index >= 15 is 0 Å². The number of nitrogens with zero attached hydrogens (tertiary/aromatic N) is 4. The van der Waals surface area contributed by atoms with Crippen molar-refractivity contribution in [3.05, 3.63) is 35.8 Å². The SMILES string of the molecule is CCC(=O)N1CCC(Nc2nc(-c3ccncc3)nc3c2CCC3)C1. The molecule has 0 bridgehead atoms. The van der Waals surface area contributed by atoms with E-state index in [1.165, 1.54) is 5.56 Å². The van der Waals surface area contributed by atoms with Crippen LogP contribution in [0.1, 0.15) is 37.4 Å². The Morgan fingerprint density at radius 3 is 2.92 bits per heavy atom. The predicted molar refractivity (Wildman–Crippen MR) is 96.2 cm³/mol. The molecule has 0 saturated carbocycles. The van der Waals surface area contributed by atoms with Gasteiger partial charge in [0.1, 0.15) is 5.82 Å². The van der Waals surface area contributed by atoms with Crippen molar-refractivity contribution >= 4 is 11.7 Å². The number of nitrogens with one attached hydrogen (secondary N) is 1. The summed E-state index contributed by atoms with van der Waals surface area (Å²) in [6, 6.07) is 4.15. The van der Waals surface area contributed by atoms with Crippen molar-refractivity contribution in [3.8, 4) is 11.4 Å². The van der Waals surface area contributed by atoms with Crippen LogP contribution < -0.4 is 5.32 Å². The average Bonchev–Trinajstić information content (AvgIpc) is 3.31. The van der Waals surface area contributed by atoms with E-state index in [0.29, 0.717) is 6.42 Å². The van der Waals surface area contributed by atoms with E-state index in [4.69, 9.17) is 9.97 Å². The van der Waals surface area contributed by atoms with Gasteiger partial charge in [-0.25, -0.2) is 9.97 Å². The van der Waals surface area contributed by atoms with Gasteiger partial charge in [0.25, 0.3) is 0 Å². The highest BCUT2D eigenvalue weighted by Gasteiger charge is 2.27. The smallest absolute Gasteiger partial charge is 0.222 e. The Hall–Kier alpha value is -2.50. The van der Waals surface area contributed by atoms with Crippen molar-refractivity contribution in [1.82, 2.24) is 19.9 Å². The first-order chi connectivity index (χ1) is 12.2. The van der Waals surface area contributed by atoms with E-state index in [0.717, 1.165) is 61.7 Å². The van der Waals surface area contributed by atoms with Gasteiger partial charge in [0.2, 0.25) is 5.91 Å². The molecule has 2 aromatic rings. The number of carbonyl (C=O) groups excluding carboxylic acids is 1.